The van der Waals surface area contributed by atoms with E-state index < -0.39 is 0 Å². The molecule has 20 heavy (non-hydrogen) atoms. The molecule has 1 aliphatic heterocycles. The third-order valence-electron chi connectivity index (χ3n) is 4.89. The average molecular weight is 272 g/mol. The van der Waals surface area contributed by atoms with Crippen LogP contribution in [0, 0.1) is 11.8 Å². The highest BCUT2D eigenvalue weighted by Crippen LogP contribution is 2.34. The molecule has 3 rings (SSSR count). The number of carbonyl (C=O) groups is 1. The summed E-state index contributed by atoms with van der Waals surface area (Å²) in [6.45, 7) is 3.01. The van der Waals surface area contributed by atoms with E-state index in [1.54, 1.807) is 0 Å². The Labute approximate surface area is 121 Å². The molecule has 2 heteroatoms. The van der Waals surface area contributed by atoms with E-state index in [1.807, 2.05) is 12.1 Å². The average Bonchev–Trinajstić information content (AvgIpc) is 2.95. The van der Waals surface area contributed by atoms with Crippen LogP contribution in [0.5, 0.6) is 5.75 Å². The summed E-state index contributed by atoms with van der Waals surface area (Å²) >= 11 is 0. The van der Waals surface area contributed by atoms with E-state index in [9.17, 15) is 4.79 Å². The smallest absolute Gasteiger partial charge is 0.165 e. The molecule has 0 radical (unpaired) electrons. The lowest BCUT2D eigenvalue weighted by molar-refractivity contribution is 0.0870. The van der Waals surface area contributed by atoms with Crippen molar-refractivity contribution >= 4 is 5.78 Å². The van der Waals surface area contributed by atoms with Crippen LogP contribution >= 0.6 is 0 Å². The lowest BCUT2D eigenvalue weighted by Crippen LogP contribution is -2.22. The Balaban J connectivity index is 1.65. The topological polar surface area (TPSA) is 26.3 Å². The molecule has 1 aromatic rings. The predicted molar refractivity (Wildman–Crippen MR) is 80.3 cm³/mol. The first kappa shape index (κ1) is 13.7. The van der Waals surface area contributed by atoms with Gasteiger partial charge in [0, 0.05) is 17.9 Å². The molecule has 0 bridgehead atoms. The van der Waals surface area contributed by atoms with Crippen molar-refractivity contribution in [2.75, 3.05) is 6.61 Å². The van der Waals surface area contributed by atoms with E-state index >= 15 is 0 Å². The molecular weight excluding hydrogens is 248 g/mol. The molecule has 0 aromatic heterocycles. The van der Waals surface area contributed by atoms with E-state index in [-0.39, 0.29) is 5.92 Å². The molecule has 1 saturated carbocycles. The van der Waals surface area contributed by atoms with Crippen molar-refractivity contribution < 1.29 is 9.53 Å². The van der Waals surface area contributed by atoms with Crippen molar-refractivity contribution in [3.63, 3.8) is 0 Å². The number of hydrogen-bond donors (Lipinski definition) is 0. The molecular formula is C18H24O2. The minimum absolute atomic E-state index is 0.253. The van der Waals surface area contributed by atoms with Crippen molar-refractivity contribution in [1.82, 2.24) is 0 Å². The molecule has 2 aliphatic rings. The van der Waals surface area contributed by atoms with Gasteiger partial charge in [0.15, 0.2) is 5.78 Å². The largest absolute Gasteiger partial charge is 0.493 e. The quantitative estimate of drug-likeness (QED) is 0.759. The van der Waals surface area contributed by atoms with Crippen molar-refractivity contribution in [1.29, 1.82) is 0 Å². The third-order valence-corrected chi connectivity index (χ3v) is 4.89. The number of hydrogen-bond acceptors (Lipinski definition) is 2. The van der Waals surface area contributed by atoms with E-state index in [0.29, 0.717) is 5.78 Å². The van der Waals surface area contributed by atoms with Gasteiger partial charge < -0.3 is 4.74 Å². The lowest BCUT2D eigenvalue weighted by atomic mass is 9.77. The summed E-state index contributed by atoms with van der Waals surface area (Å²) in [4.78, 5) is 12.6. The molecule has 1 aromatic carbocycles. The SMILES string of the molecule is CCCC1CCC(C(=O)c2ccc3c(c2)CCO3)CC1. The second kappa shape index (κ2) is 5.99. The molecule has 0 spiro atoms. The molecule has 1 fully saturated rings. The molecule has 0 amide bonds. The van der Waals surface area contributed by atoms with Crippen LogP contribution in [-0.4, -0.2) is 12.4 Å². The van der Waals surface area contributed by atoms with Gasteiger partial charge in [-0.1, -0.05) is 19.8 Å². The summed E-state index contributed by atoms with van der Waals surface area (Å²) in [6.07, 6.45) is 8.18. The van der Waals surface area contributed by atoms with Crippen LogP contribution < -0.4 is 4.74 Å². The molecule has 1 aliphatic carbocycles. The zero-order valence-electron chi connectivity index (χ0n) is 12.4. The summed E-state index contributed by atoms with van der Waals surface area (Å²) in [5.41, 5.74) is 2.10. The van der Waals surface area contributed by atoms with Crippen LogP contribution in [0.25, 0.3) is 0 Å². The van der Waals surface area contributed by atoms with Crippen LogP contribution in [0.4, 0.5) is 0 Å². The second-order valence-electron chi connectivity index (χ2n) is 6.29. The van der Waals surface area contributed by atoms with Gasteiger partial charge >= 0.3 is 0 Å². The lowest BCUT2D eigenvalue weighted by Gasteiger charge is -2.27. The van der Waals surface area contributed by atoms with Crippen molar-refractivity contribution in [2.45, 2.75) is 51.9 Å². The van der Waals surface area contributed by atoms with Crippen molar-refractivity contribution in [3.05, 3.63) is 29.3 Å². The number of Topliss-reactive ketones (excluding diaryl/α,β-unsaturated/α-hetero) is 1. The van der Waals surface area contributed by atoms with Crippen LogP contribution in [0.2, 0.25) is 0 Å². The third kappa shape index (κ3) is 2.74. The van der Waals surface area contributed by atoms with Crippen molar-refractivity contribution in [3.8, 4) is 5.75 Å². The fourth-order valence-electron chi connectivity index (χ4n) is 3.70. The Kier molecular flexibility index (Phi) is 4.09. The van der Waals surface area contributed by atoms with Gasteiger partial charge in [-0.3, -0.25) is 4.79 Å². The van der Waals surface area contributed by atoms with Gasteiger partial charge in [0.1, 0.15) is 5.75 Å². The van der Waals surface area contributed by atoms with E-state index in [1.165, 1.54) is 31.2 Å². The molecule has 1 heterocycles. The van der Waals surface area contributed by atoms with Gasteiger partial charge in [0.2, 0.25) is 0 Å². The number of fused-ring (bicyclic) bond motifs is 1. The molecule has 0 N–H and O–H groups in total. The Bertz CT molecular complexity index is 484. The van der Waals surface area contributed by atoms with Crippen LogP contribution in [0.15, 0.2) is 18.2 Å². The Morgan fingerprint density at radius 1 is 1.25 bits per heavy atom. The molecule has 2 nitrogen and oxygen atoms in total. The monoisotopic (exact) mass is 272 g/mol. The standard InChI is InChI=1S/C18H24O2/c1-2-3-13-4-6-14(7-5-13)18(19)16-8-9-17-15(12-16)10-11-20-17/h8-9,12-14H,2-7,10-11H2,1H3. The first-order valence-corrected chi connectivity index (χ1v) is 8.08. The Hall–Kier alpha value is -1.31. The molecule has 0 saturated heterocycles. The summed E-state index contributed by atoms with van der Waals surface area (Å²) in [6, 6.07) is 5.98. The van der Waals surface area contributed by atoms with Crippen LogP contribution in [0.1, 0.15) is 61.4 Å². The highest BCUT2D eigenvalue weighted by Gasteiger charge is 2.27. The molecule has 0 atom stereocenters. The summed E-state index contributed by atoms with van der Waals surface area (Å²) in [5, 5.41) is 0. The van der Waals surface area contributed by atoms with Gasteiger partial charge in [-0.25, -0.2) is 0 Å². The van der Waals surface area contributed by atoms with E-state index in [2.05, 4.69) is 13.0 Å². The zero-order chi connectivity index (χ0) is 13.9. The highest BCUT2D eigenvalue weighted by molar-refractivity contribution is 5.98. The van der Waals surface area contributed by atoms with Crippen molar-refractivity contribution in [2.24, 2.45) is 11.8 Å². The minimum Gasteiger partial charge on any atom is -0.493 e. The van der Waals surface area contributed by atoms with Gasteiger partial charge in [-0.15, -0.1) is 0 Å². The minimum atomic E-state index is 0.253. The Morgan fingerprint density at radius 2 is 2.05 bits per heavy atom. The maximum atomic E-state index is 12.6. The van der Waals surface area contributed by atoms with Crippen LogP contribution in [-0.2, 0) is 6.42 Å². The van der Waals surface area contributed by atoms with Gasteiger partial charge in [-0.05, 0) is 55.4 Å². The number of ether oxygens (including phenoxy) is 1. The maximum absolute atomic E-state index is 12.6. The number of benzene rings is 1. The first-order valence-electron chi connectivity index (χ1n) is 8.08. The highest BCUT2D eigenvalue weighted by atomic mass is 16.5. The normalized spacial score (nSPS) is 25.1. The summed E-state index contributed by atoms with van der Waals surface area (Å²) in [7, 11) is 0. The van der Waals surface area contributed by atoms with E-state index in [4.69, 9.17) is 4.74 Å². The number of carbonyl (C=O) groups excluding carboxylic acids is 1. The fourth-order valence-corrected chi connectivity index (χ4v) is 3.70. The van der Waals surface area contributed by atoms with E-state index in [0.717, 1.165) is 43.1 Å². The fraction of sp³-hybridized carbons (Fsp3) is 0.611. The zero-order valence-corrected chi connectivity index (χ0v) is 12.4. The maximum Gasteiger partial charge on any atom is 0.165 e. The Morgan fingerprint density at radius 3 is 2.80 bits per heavy atom. The number of rotatable bonds is 4. The molecule has 108 valence electrons. The summed E-state index contributed by atoms with van der Waals surface area (Å²) < 4.78 is 5.51. The summed E-state index contributed by atoms with van der Waals surface area (Å²) in [5.74, 6) is 2.43. The second-order valence-corrected chi connectivity index (χ2v) is 6.29. The van der Waals surface area contributed by atoms with Gasteiger partial charge in [0.05, 0.1) is 6.61 Å². The first-order chi connectivity index (χ1) is 9.78. The van der Waals surface area contributed by atoms with Crippen LogP contribution in [0.3, 0.4) is 0 Å². The predicted octanol–water partition coefficient (Wildman–Crippen LogP) is 4.41. The van der Waals surface area contributed by atoms with Gasteiger partial charge in [0.25, 0.3) is 0 Å². The number of ketones is 1. The molecule has 0 unspecified atom stereocenters. The van der Waals surface area contributed by atoms with Gasteiger partial charge in [-0.2, -0.15) is 0 Å².